The molecule has 0 bridgehead atoms. The summed E-state index contributed by atoms with van der Waals surface area (Å²) in [6, 6.07) is 10.7. The van der Waals surface area contributed by atoms with E-state index in [1.165, 1.54) is 24.3 Å². The largest absolute Gasteiger partial charge is 0.573 e. The second-order valence-corrected chi connectivity index (χ2v) is 7.59. The Morgan fingerprint density at radius 1 is 1.00 bits per heavy atom. The third-order valence-electron chi connectivity index (χ3n) is 4.31. The molecule has 0 heterocycles. The molecule has 0 saturated heterocycles. The maximum absolute atomic E-state index is 12.2. The van der Waals surface area contributed by atoms with Crippen LogP contribution in [0, 0.1) is 18.8 Å². The lowest BCUT2D eigenvalue weighted by Crippen LogP contribution is -2.39. The van der Waals surface area contributed by atoms with E-state index in [4.69, 9.17) is 14.2 Å². The lowest BCUT2D eigenvalue weighted by atomic mass is 10.1. The first-order valence-electron chi connectivity index (χ1n) is 10.4. The van der Waals surface area contributed by atoms with Gasteiger partial charge in [-0.25, -0.2) is 4.79 Å². The molecule has 178 valence electrons. The molecule has 0 aliphatic carbocycles. The number of ether oxygens (including phenoxy) is 4. The quantitative estimate of drug-likeness (QED) is 0.266. The van der Waals surface area contributed by atoms with E-state index in [2.05, 4.69) is 16.6 Å². The van der Waals surface area contributed by atoms with Gasteiger partial charge < -0.3 is 18.9 Å². The molecule has 5 nitrogen and oxygen atoms in total. The van der Waals surface area contributed by atoms with Crippen LogP contribution in [0.15, 0.2) is 42.5 Å². The van der Waals surface area contributed by atoms with Crippen molar-refractivity contribution >= 4 is 5.97 Å². The van der Waals surface area contributed by atoms with Crippen LogP contribution in [0.2, 0.25) is 0 Å². The van der Waals surface area contributed by atoms with E-state index >= 15 is 0 Å². The van der Waals surface area contributed by atoms with E-state index in [1.807, 2.05) is 13.0 Å². The van der Waals surface area contributed by atoms with E-state index in [0.29, 0.717) is 36.5 Å². The van der Waals surface area contributed by atoms with Gasteiger partial charge in [-0.2, -0.15) is 0 Å². The van der Waals surface area contributed by atoms with Gasteiger partial charge in [-0.05, 0) is 82.1 Å². The average molecular weight is 464 g/mol. The summed E-state index contributed by atoms with van der Waals surface area (Å²) >= 11 is 0. The Kier molecular flexibility index (Phi) is 9.03. The van der Waals surface area contributed by atoms with Gasteiger partial charge >= 0.3 is 12.3 Å². The minimum Gasteiger partial charge on any atom is -0.494 e. The molecular formula is C25H27F3O5. The molecule has 0 N–H and O–H groups in total. The smallest absolute Gasteiger partial charge is 0.494 e. The molecule has 2 rings (SSSR count). The third kappa shape index (κ3) is 8.97. The van der Waals surface area contributed by atoms with Crippen molar-refractivity contribution in [3.05, 3.63) is 53.6 Å². The fourth-order valence-electron chi connectivity index (χ4n) is 2.70. The second-order valence-electron chi connectivity index (χ2n) is 7.59. The van der Waals surface area contributed by atoms with Crippen LogP contribution in [-0.4, -0.2) is 31.1 Å². The number of rotatable bonds is 9. The summed E-state index contributed by atoms with van der Waals surface area (Å²) in [5, 5.41) is 0. The molecule has 0 spiro atoms. The normalized spacial score (nSPS) is 11.2. The average Bonchev–Trinajstić information content (AvgIpc) is 2.72. The molecule has 0 aromatic heterocycles. The van der Waals surface area contributed by atoms with Crippen molar-refractivity contribution in [2.24, 2.45) is 0 Å². The first-order valence-corrected chi connectivity index (χ1v) is 10.4. The highest BCUT2D eigenvalue weighted by Gasteiger charge is 2.32. The number of esters is 1. The molecule has 33 heavy (non-hydrogen) atoms. The first kappa shape index (κ1) is 25.9. The zero-order chi connectivity index (χ0) is 24.5. The summed E-state index contributed by atoms with van der Waals surface area (Å²) in [6.45, 7) is 7.64. The predicted molar refractivity (Wildman–Crippen MR) is 117 cm³/mol. The molecule has 0 atom stereocenters. The Bertz CT molecular complexity index is 986. The monoisotopic (exact) mass is 464 g/mol. The predicted octanol–water partition coefficient (Wildman–Crippen LogP) is 5.82. The lowest BCUT2D eigenvalue weighted by molar-refractivity contribution is -0.274. The van der Waals surface area contributed by atoms with E-state index < -0.39 is 17.9 Å². The van der Waals surface area contributed by atoms with Crippen LogP contribution < -0.4 is 14.2 Å². The van der Waals surface area contributed by atoms with E-state index in [1.54, 1.807) is 32.9 Å². The maximum atomic E-state index is 12.2. The molecule has 0 amide bonds. The van der Waals surface area contributed by atoms with Gasteiger partial charge in [0.25, 0.3) is 0 Å². The summed E-state index contributed by atoms with van der Waals surface area (Å²) in [5.74, 6) is 6.38. The van der Waals surface area contributed by atoms with Crippen LogP contribution in [0.1, 0.15) is 44.7 Å². The molecule has 0 fully saturated rings. The minimum absolute atomic E-state index is 0.280. The summed E-state index contributed by atoms with van der Waals surface area (Å²) < 4.78 is 56.9. The van der Waals surface area contributed by atoms with Crippen LogP contribution in [0.25, 0.3) is 0 Å². The van der Waals surface area contributed by atoms with Crippen molar-refractivity contribution in [3.63, 3.8) is 0 Å². The molecule has 0 unspecified atom stereocenters. The highest BCUT2D eigenvalue weighted by Crippen LogP contribution is 2.27. The molecule has 2 aromatic carbocycles. The van der Waals surface area contributed by atoms with E-state index in [0.717, 1.165) is 5.56 Å². The number of carbonyl (C=O) groups is 1. The molecule has 0 radical (unpaired) electrons. The Morgan fingerprint density at radius 3 is 2.27 bits per heavy atom. The number of benzene rings is 2. The highest BCUT2D eigenvalue weighted by atomic mass is 19.4. The van der Waals surface area contributed by atoms with Gasteiger partial charge in [0, 0.05) is 12.0 Å². The van der Waals surface area contributed by atoms with Gasteiger partial charge in [0.2, 0.25) is 0 Å². The molecule has 8 heteroatoms. The van der Waals surface area contributed by atoms with Crippen molar-refractivity contribution in [2.45, 2.75) is 52.5 Å². The topological polar surface area (TPSA) is 54.0 Å². The molecule has 2 aromatic rings. The Morgan fingerprint density at radius 2 is 1.67 bits per heavy atom. The summed E-state index contributed by atoms with van der Waals surface area (Å²) in [7, 11) is 0. The van der Waals surface area contributed by atoms with Gasteiger partial charge in [-0.3, -0.25) is 0 Å². The highest BCUT2D eigenvalue weighted by molar-refractivity contribution is 5.79. The van der Waals surface area contributed by atoms with Crippen molar-refractivity contribution < 1.29 is 36.9 Å². The van der Waals surface area contributed by atoms with Gasteiger partial charge in [0.05, 0.1) is 13.2 Å². The number of halogens is 3. The number of hydrogen-bond acceptors (Lipinski definition) is 5. The van der Waals surface area contributed by atoms with E-state index in [9.17, 15) is 18.0 Å². The van der Waals surface area contributed by atoms with Crippen molar-refractivity contribution in [3.8, 4) is 29.1 Å². The minimum atomic E-state index is -4.71. The molecule has 0 aliphatic rings. The summed E-state index contributed by atoms with van der Waals surface area (Å²) in [4.78, 5) is 12.0. The van der Waals surface area contributed by atoms with Crippen LogP contribution in [0.5, 0.6) is 17.2 Å². The third-order valence-corrected chi connectivity index (χ3v) is 4.31. The number of hydrogen-bond donors (Lipinski definition) is 0. The number of unbranched alkanes of at least 4 members (excludes halogenated alkanes) is 1. The molecule has 0 saturated carbocycles. The van der Waals surface area contributed by atoms with E-state index in [-0.39, 0.29) is 12.4 Å². The zero-order valence-corrected chi connectivity index (χ0v) is 19.0. The Balaban J connectivity index is 1.79. The summed E-state index contributed by atoms with van der Waals surface area (Å²) in [5.41, 5.74) is 0.318. The van der Waals surface area contributed by atoms with Crippen molar-refractivity contribution in [1.82, 2.24) is 0 Å². The van der Waals surface area contributed by atoms with Crippen LogP contribution >= 0.6 is 0 Å². The van der Waals surface area contributed by atoms with Crippen LogP contribution in [-0.2, 0) is 9.53 Å². The standard InChI is InChI=1S/C25H27F3O5/c1-5-30-23(29)24(3,4)33-22-15-14-21(17-18(22)2)31-16-8-6-7-9-19-10-12-20(13-11-19)32-25(26,27)28/h10-15,17H,5-6,8,16H2,1-4H3. The Labute approximate surface area is 191 Å². The van der Waals surface area contributed by atoms with Crippen molar-refractivity contribution in [2.75, 3.05) is 13.2 Å². The number of aryl methyl sites for hydroxylation is 1. The SMILES string of the molecule is CCOC(=O)C(C)(C)Oc1ccc(OCCCC#Cc2ccc(OC(F)(F)F)cc2)cc1C. The molecule has 0 aliphatic heterocycles. The van der Waals surface area contributed by atoms with Crippen molar-refractivity contribution in [1.29, 1.82) is 0 Å². The molecular weight excluding hydrogens is 437 g/mol. The van der Waals surface area contributed by atoms with Crippen LogP contribution in [0.4, 0.5) is 13.2 Å². The fourth-order valence-corrected chi connectivity index (χ4v) is 2.70. The van der Waals surface area contributed by atoms with Gasteiger partial charge in [-0.15, -0.1) is 13.2 Å². The maximum Gasteiger partial charge on any atom is 0.573 e. The second kappa shape index (κ2) is 11.5. The van der Waals surface area contributed by atoms with Gasteiger partial charge in [0.15, 0.2) is 5.60 Å². The fraction of sp³-hybridized carbons (Fsp3) is 0.400. The first-order chi connectivity index (χ1) is 15.5. The van der Waals surface area contributed by atoms with Crippen LogP contribution in [0.3, 0.4) is 0 Å². The Hall–Kier alpha value is -3.34. The lowest BCUT2D eigenvalue weighted by Gasteiger charge is -2.25. The summed E-state index contributed by atoms with van der Waals surface area (Å²) in [6.07, 6.45) is -3.47. The zero-order valence-electron chi connectivity index (χ0n) is 19.0. The number of alkyl halides is 3. The van der Waals surface area contributed by atoms with Gasteiger partial charge in [0.1, 0.15) is 17.2 Å². The van der Waals surface area contributed by atoms with Gasteiger partial charge in [-0.1, -0.05) is 11.8 Å². The number of carbonyl (C=O) groups excluding carboxylic acids is 1.